The van der Waals surface area contributed by atoms with Gasteiger partial charge in [0.05, 0.1) is 6.10 Å². The summed E-state index contributed by atoms with van der Waals surface area (Å²) >= 11 is 0. The second-order valence-electron chi connectivity index (χ2n) is 7.33. The van der Waals surface area contributed by atoms with Crippen LogP contribution in [0.4, 0.5) is 36.3 Å². The number of nitrogens with zero attached hydrogens (tertiary/aromatic N) is 3. The molecular weight excluding hydrogens is 405 g/mol. The van der Waals surface area contributed by atoms with Crippen LogP contribution in [0.1, 0.15) is 31.9 Å². The molecule has 0 fully saturated rings. The molecule has 0 unspecified atom stereocenters. The zero-order valence-corrected chi connectivity index (χ0v) is 17.9. The van der Waals surface area contributed by atoms with Gasteiger partial charge in [0.25, 0.3) is 0 Å². The van der Waals surface area contributed by atoms with Crippen LogP contribution in [0, 0.1) is 0 Å². The fourth-order valence-corrected chi connectivity index (χ4v) is 2.93. The summed E-state index contributed by atoms with van der Waals surface area (Å²) in [5.74, 6) is 0.474. The Balaban J connectivity index is 1.91. The van der Waals surface area contributed by atoms with E-state index in [-0.39, 0.29) is 17.9 Å². The van der Waals surface area contributed by atoms with Gasteiger partial charge in [-0.1, -0.05) is 19.1 Å². The van der Waals surface area contributed by atoms with Crippen molar-refractivity contribution in [3.63, 3.8) is 0 Å². The first-order chi connectivity index (χ1) is 14.7. The summed E-state index contributed by atoms with van der Waals surface area (Å²) in [4.78, 5) is 9.77. The van der Waals surface area contributed by atoms with Gasteiger partial charge in [-0.3, -0.25) is 0 Å². The lowest BCUT2D eigenvalue weighted by Gasteiger charge is -2.20. The van der Waals surface area contributed by atoms with Crippen LogP contribution >= 0.6 is 0 Å². The van der Waals surface area contributed by atoms with Crippen molar-refractivity contribution in [1.82, 2.24) is 9.97 Å². The predicted molar refractivity (Wildman–Crippen MR) is 116 cm³/mol. The Kier molecular flexibility index (Phi) is 6.68. The normalized spacial score (nSPS) is 11.5. The van der Waals surface area contributed by atoms with Crippen molar-refractivity contribution in [3.8, 4) is 5.75 Å². The van der Waals surface area contributed by atoms with Gasteiger partial charge in [-0.25, -0.2) is 4.98 Å². The molecule has 0 aliphatic carbocycles. The fourth-order valence-electron chi connectivity index (χ4n) is 2.93. The number of alkyl halides is 3. The number of ether oxygens (including phenoxy) is 1. The highest BCUT2D eigenvalue weighted by Gasteiger charge is 2.35. The highest BCUT2D eigenvalue weighted by Crippen LogP contribution is 2.36. The minimum atomic E-state index is -4.59. The van der Waals surface area contributed by atoms with Crippen molar-refractivity contribution in [2.24, 2.45) is 0 Å². The molecule has 0 bridgehead atoms. The first kappa shape index (κ1) is 22.4. The molecule has 31 heavy (non-hydrogen) atoms. The molecule has 0 aliphatic heterocycles. The van der Waals surface area contributed by atoms with Crippen molar-refractivity contribution in [3.05, 3.63) is 65.9 Å². The van der Waals surface area contributed by atoms with Gasteiger partial charge in [-0.15, -0.1) is 0 Å². The summed E-state index contributed by atoms with van der Waals surface area (Å²) in [6.45, 7) is 5.85. The van der Waals surface area contributed by atoms with Gasteiger partial charge >= 0.3 is 6.18 Å². The molecule has 0 atom stereocenters. The molecule has 0 spiro atoms. The van der Waals surface area contributed by atoms with E-state index in [1.807, 2.05) is 38.1 Å². The van der Waals surface area contributed by atoms with Gasteiger partial charge < -0.3 is 15.0 Å². The van der Waals surface area contributed by atoms with Gasteiger partial charge in [0.1, 0.15) is 17.1 Å². The summed E-state index contributed by atoms with van der Waals surface area (Å²) in [5, 5.41) is 2.77. The molecule has 164 valence electrons. The van der Waals surface area contributed by atoms with Crippen LogP contribution in [0.3, 0.4) is 0 Å². The second-order valence-corrected chi connectivity index (χ2v) is 7.33. The molecule has 2 aromatic carbocycles. The largest absolute Gasteiger partial charge is 0.491 e. The number of hydrogen-bond donors (Lipinski definition) is 1. The van der Waals surface area contributed by atoms with Crippen LogP contribution in [0.2, 0.25) is 0 Å². The van der Waals surface area contributed by atoms with Gasteiger partial charge in [0.2, 0.25) is 5.95 Å². The summed E-state index contributed by atoms with van der Waals surface area (Å²) in [5.41, 5.74) is 1.46. The molecule has 1 N–H and O–H groups in total. The molecule has 1 aromatic heterocycles. The van der Waals surface area contributed by atoms with Crippen LogP contribution < -0.4 is 15.0 Å². The van der Waals surface area contributed by atoms with E-state index in [1.165, 1.54) is 0 Å². The smallest absolute Gasteiger partial charge is 0.421 e. The molecule has 0 saturated heterocycles. The first-order valence-electron chi connectivity index (χ1n) is 9.98. The van der Waals surface area contributed by atoms with Crippen LogP contribution in [-0.2, 0) is 12.6 Å². The molecule has 5 nitrogen and oxygen atoms in total. The van der Waals surface area contributed by atoms with E-state index in [0.29, 0.717) is 11.4 Å². The molecule has 3 rings (SSSR count). The summed E-state index contributed by atoms with van der Waals surface area (Å²) in [7, 11) is 1.71. The maximum Gasteiger partial charge on any atom is 0.421 e. The van der Waals surface area contributed by atoms with Crippen molar-refractivity contribution in [1.29, 1.82) is 0 Å². The van der Waals surface area contributed by atoms with E-state index in [9.17, 15) is 13.2 Å². The van der Waals surface area contributed by atoms with E-state index < -0.39 is 11.7 Å². The van der Waals surface area contributed by atoms with Crippen molar-refractivity contribution in [2.45, 2.75) is 39.5 Å². The average molecular weight is 430 g/mol. The summed E-state index contributed by atoms with van der Waals surface area (Å²) in [6, 6.07) is 14.4. The number of nitrogens with one attached hydrogen (secondary N) is 1. The quantitative estimate of drug-likeness (QED) is 0.473. The molecule has 8 heteroatoms. The Morgan fingerprint density at radius 1 is 1.03 bits per heavy atom. The number of rotatable bonds is 7. The fraction of sp³-hybridized carbons (Fsp3) is 0.304. The van der Waals surface area contributed by atoms with Gasteiger partial charge in [-0.05, 0) is 62.2 Å². The van der Waals surface area contributed by atoms with Crippen LogP contribution in [-0.4, -0.2) is 23.1 Å². The minimum Gasteiger partial charge on any atom is -0.491 e. The second kappa shape index (κ2) is 9.24. The molecule has 3 aromatic rings. The zero-order valence-electron chi connectivity index (χ0n) is 17.9. The lowest BCUT2D eigenvalue weighted by molar-refractivity contribution is -0.137. The Morgan fingerprint density at radius 3 is 2.23 bits per heavy atom. The third kappa shape index (κ3) is 5.65. The van der Waals surface area contributed by atoms with Gasteiger partial charge in [-0.2, -0.15) is 18.2 Å². The van der Waals surface area contributed by atoms with Crippen molar-refractivity contribution < 1.29 is 17.9 Å². The van der Waals surface area contributed by atoms with Crippen molar-refractivity contribution in [2.75, 3.05) is 17.3 Å². The van der Waals surface area contributed by atoms with Crippen molar-refractivity contribution >= 4 is 23.1 Å². The standard InChI is InChI=1S/C23H25F3N4O/c1-5-16-6-10-18(11-7-16)30(4)22-27-14-20(23(24,25)26)21(29-22)28-17-8-12-19(13-9-17)31-15(2)3/h6-15H,5H2,1-4H3,(H,27,28,29). The Bertz CT molecular complexity index is 1000. The SMILES string of the molecule is CCc1ccc(N(C)c2ncc(C(F)(F)F)c(Nc3ccc(OC(C)C)cc3)n2)cc1. The molecular formula is C23H25F3N4O. The maximum absolute atomic E-state index is 13.5. The molecule has 0 radical (unpaired) electrons. The van der Waals surface area contributed by atoms with E-state index in [4.69, 9.17) is 4.74 Å². The van der Waals surface area contributed by atoms with Crippen LogP contribution in [0.25, 0.3) is 0 Å². The van der Waals surface area contributed by atoms with E-state index >= 15 is 0 Å². The average Bonchev–Trinajstić information content (AvgIpc) is 2.73. The maximum atomic E-state index is 13.5. The van der Waals surface area contributed by atoms with Gasteiger partial charge in [0, 0.05) is 24.6 Å². The first-order valence-corrected chi connectivity index (χ1v) is 9.98. The number of aryl methyl sites for hydroxylation is 1. The number of anilines is 4. The molecule has 0 saturated carbocycles. The number of halogens is 3. The summed E-state index contributed by atoms with van der Waals surface area (Å²) < 4.78 is 46.2. The lowest BCUT2D eigenvalue weighted by Crippen LogP contribution is -2.17. The van der Waals surface area contributed by atoms with Crippen LogP contribution in [0.5, 0.6) is 5.75 Å². The Morgan fingerprint density at radius 2 is 1.68 bits per heavy atom. The molecule has 0 amide bonds. The predicted octanol–water partition coefficient (Wildman–Crippen LogP) is 6.36. The third-order valence-electron chi connectivity index (χ3n) is 4.60. The van der Waals surface area contributed by atoms with E-state index in [0.717, 1.165) is 23.9 Å². The number of benzene rings is 2. The Labute approximate surface area is 179 Å². The zero-order chi connectivity index (χ0) is 22.6. The Hall–Kier alpha value is -3.29. The third-order valence-corrected chi connectivity index (χ3v) is 4.60. The molecule has 1 heterocycles. The number of aromatic nitrogens is 2. The minimum absolute atomic E-state index is 0.00185. The number of hydrogen-bond acceptors (Lipinski definition) is 5. The van der Waals surface area contributed by atoms with Gasteiger partial charge in [0.15, 0.2) is 0 Å². The topological polar surface area (TPSA) is 50.3 Å². The van der Waals surface area contributed by atoms with Crippen LogP contribution in [0.15, 0.2) is 54.7 Å². The molecule has 0 aliphatic rings. The lowest BCUT2D eigenvalue weighted by atomic mass is 10.1. The highest BCUT2D eigenvalue weighted by atomic mass is 19.4. The van der Waals surface area contributed by atoms with E-state index in [2.05, 4.69) is 22.2 Å². The summed E-state index contributed by atoms with van der Waals surface area (Å²) in [6.07, 6.45) is -2.89. The monoisotopic (exact) mass is 430 g/mol. The highest BCUT2D eigenvalue weighted by molar-refractivity contribution is 5.64. The van der Waals surface area contributed by atoms with E-state index in [1.54, 1.807) is 36.2 Å².